The van der Waals surface area contributed by atoms with E-state index in [1.807, 2.05) is 0 Å². The van der Waals surface area contributed by atoms with Gasteiger partial charge in [0, 0.05) is 17.0 Å². The highest BCUT2D eigenvalue weighted by atomic mass is 35.5. The van der Waals surface area contributed by atoms with Gasteiger partial charge in [-0.2, -0.15) is 0 Å². The van der Waals surface area contributed by atoms with E-state index in [-0.39, 0.29) is 5.56 Å². The molecule has 7 heteroatoms. The summed E-state index contributed by atoms with van der Waals surface area (Å²) in [4.78, 5) is 16.3. The van der Waals surface area contributed by atoms with Crippen molar-refractivity contribution in [1.29, 1.82) is 0 Å². The molecule has 1 aromatic heterocycles. The van der Waals surface area contributed by atoms with Crippen molar-refractivity contribution >= 4 is 40.1 Å². The van der Waals surface area contributed by atoms with Gasteiger partial charge in [0.2, 0.25) is 0 Å². The second-order valence-corrected chi connectivity index (χ2v) is 6.03. The van der Waals surface area contributed by atoms with Crippen LogP contribution in [0.5, 0.6) is 11.5 Å². The third kappa shape index (κ3) is 3.21. The van der Waals surface area contributed by atoms with Crippen LogP contribution in [0.25, 0.3) is 22.2 Å². The molecule has 0 unspecified atom stereocenters. The molecule has 3 aromatic rings. The highest BCUT2D eigenvalue weighted by Gasteiger charge is 2.17. The number of hydrogen-bond donors (Lipinski definition) is 1. The number of carbonyl (C=O) groups is 1. The summed E-state index contributed by atoms with van der Waals surface area (Å²) in [5.74, 6) is -0.173. The van der Waals surface area contributed by atoms with Crippen molar-refractivity contribution in [2.75, 3.05) is 14.2 Å². The Hall–Kier alpha value is -2.50. The van der Waals surface area contributed by atoms with Gasteiger partial charge in [-0.15, -0.1) is 0 Å². The van der Waals surface area contributed by atoms with E-state index in [9.17, 15) is 9.90 Å². The van der Waals surface area contributed by atoms with E-state index in [2.05, 4.69) is 4.98 Å². The average Bonchev–Trinajstić information content (AvgIpc) is 2.61. The Morgan fingerprint density at radius 1 is 1.00 bits per heavy atom. The Morgan fingerprint density at radius 3 is 2.28 bits per heavy atom. The maximum absolute atomic E-state index is 11.7. The molecule has 0 spiro atoms. The van der Waals surface area contributed by atoms with Crippen LogP contribution in [0.3, 0.4) is 0 Å². The first-order chi connectivity index (χ1) is 11.9. The quantitative estimate of drug-likeness (QED) is 0.698. The first-order valence-electron chi connectivity index (χ1n) is 7.20. The highest BCUT2D eigenvalue weighted by molar-refractivity contribution is 6.42. The Kier molecular flexibility index (Phi) is 4.70. The van der Waals surface area contributed by atoms with E-state index in [0.717, 1.165) is 0 Å². The fourth-order valence-electron chi connectivity index (χ4n) is 2.53. The number of halogens is 2. The number of aromatic carboxylic acids is 1. The Morgan fingerprint density at radius 2 is 1.68 bits per heavy atom. The van der Waals surface area contributed by atoms with E-state index in [4.69, 9.17) is 32.7 Å². The molecule has 0 fully saturated rings. The fourth-order valence-corrected chi connectivity index (χ4v) is 2.83. The molecular formula is C18H13Cl2NO4. The molecule has 0 atom stereocenters. The largest absolute Gasteiger partial charge is 0.493 e. The van der Waals surface area contributed by atoms with Gasteiger partial charge < -0.3 is 14.6 Å². The molecule has 2 aromatic carbocycles. The molecule has 0 aliphatic carbocycles. The predicted molar refractivity (Wildman–Crippen MR) is 97.3 cm³/mol. The number of benzene rings is 2. The number of carboxylic acid groups (broad SMARTS) is 1. The van der Waals surface area contributed by atoms with Gasteiger partial charge in [0.25, 0.3) is 0 Å². The van der Waals surface area contributed by atoms with E-state index in [0.29, 0.717) is 43.7 Å². The van der Waals surface area contributed by atoms with E-state index >= 15 is 0 Å². The number of hydrogen-bond acceptors (Lipinski definition) is 4. The summed E-state index contributed by atoms with van der Waals surface area (Å²) >= 11 is 12.0. The molecule has 0 amide bonds. The molecule has 5 nitrogen and oxygen atoms in total. The summed E-state index contributed by atoms with van der Waals surface area (Å²) in [6.45, 7) is 0. The fraction of sp³-hybridized carbons (Fsp3) is 0.111. The number of nitrogens with zero attached hydrogens (tertiary/aromatic N) is 1. The normalized spacial score (nSPS) is 10.7. The number of pyridine rings is 1. The lowest BCUT2D eigenvalue weighted by Gasteiger charge is -2.12. The summed E-state index contributed by atoms with van der Waals surface area (Å²) in [6, 6.07) is 9.75. The number of rotatable bonds is 4. The van der Waals surface area contributed by atoms with Crippen molar-refractivity contribution < 1.29 is 19.4 Å². The van der Waals surface area contributed by atoms with Crippen LogP contribution in [0.1, 0.15) is 10.4 Å². The smallest absolute Gasteiger partial charge is 0.336 e. The topological polar surface area (TPSA) is 68.7 Å². The minimum Gasteiger partial charge on any atom is -0.493 e. The lowest BCUT2D eigenvalue weighted by molar-refractivity contribution is 0.0699. The van der Waals surface area contributed by atoms with Gasteiger partial charge in [0.05, 0.1) is 41.0 Å². The van der Waals surface area contributed by atoms with Crippen LogP contribution in [-0.4, -0.2) is 30.3 Å². The SMILES string of the molecule is COc1cc2nc(-c3ccc(Cl)c(Cl)c3)cc(C(=O)O)c2cc1OC. The molecule has 128 valence electrons. The Balaban J connectivity index is 2.31. The van der Waals surface area contributed by atoms with E-state index < -0.39 is 5.97 Å². The molecule has 1 N–H and O–H groups in total. The van der Waals surface area contributed by atoms with Gasteiger partial charge in [-0.3, -0.25) is 0 Å². The van der Waals surface area contributed by atoms with Crippen LogP contribution >= 0.6 is 23.2 Å². The molecule has 25 heavy (non-hydrogen) atoms. The molecule has 0 aliphatic heterocycles. The van der Waals surface area contributed by atoms with Gasteiger partial charge in [-0.1, -0.05) is 29.3 Å². The lowest BCUT2D eigenvalue weighted by Crippen LogP contribution is -2.01. The molecule has 0 saturated heterocycles. The summed E-state index contributed by atoms with van der Waals surface area (Å²) in [5.41, 5.74) is 1.70. The second kappa shape index (κ2) is 6.78. The van der Waals surface area contributed by atoms with Crippen LogP contribution in [0.15, 0.2) is 36.4 Å². The summed E-state index contributed by atoms with van der Waals surface area (Å²) in [5, 5.41) is 10.8. The average molecular weight is 378 g/mol. The third-order valence-corrected chi connectivity index (χ3v) is 4.50. The van der Waals surface area contributed by atoms with Crippen LogP contribution in [0.2, 0.25) is 10.0 Å². The van der Waals surface area contributed by atoms with Crippen LogP contribution in [0, 0.1) is 0 Å². The van der Waals surface area contributed by atoms with Gasteiger partial charge in [-0.05, 0) is 24.3 Å². The molecule has 0 aliphatic rings. The number of methoxy groups -OCH3 is 2. The number of carboxylic acids is 1. The van der Waals surface area contributed by atoms with Crippen molar-refractivity contribution in [2.24, 2.45) is 0 Å². The molecule has 3 rings (SSSR count). The number of aromatic nitrogens is 1. The summed E-state index contributed by atoms with van der Waals surface area (Å²) < 4.78 is 10.5. The first-order valence-corrected chi connectivity index (χ1v) is 7.95. The van der Waals surface area contributed by atoms with Crippen molar-refractivity contribution in [1.82, 2.24) is 4.98 Å². The summed E-state index contributed by atoms with van der Waals surface area (Å²) in [6.07, 6.45) is 0. The highest BCUT2D eigenvalue weighted by Crippen LogP contribution is 2.35. The zero-order chi connectivity index (χ0) is 18.1. The lowest BCUT2D eigenvalue weighted by atomic mass is 10.0. The molecule has 0 radical (unpaired) electrons. The second-order valence-electron chi connectivity index (χ2n) is 5.21. The van der Waals surface area contributed by atoms with Crippen molar-refractivity contribution in [2.45, 2.75) is 0 Å². The van der Waals surface area contributed by atoms with Gasteiger partial charge >= 0.3 is 5.97 Å². The number of ether oxygens (including phenoxy) is 2. The van der Waals surface area contributed by atoms with Crippen LogP contribution in [0.4, 0.5) is 0 Å². The summed E-state index contributed by atoms with van der Waals surface area (Å²) in [7, 11) is 2.99. The van der Waals surface area contributed by atoms with Crippen molar-refractivity contribution in [3.05, 3.63) is 52.0 Å². The monoisotopic (exact) mass is 377 g/mol. The molecular weight excluding hydrogens is 365 g/mol. The molecule has 1 heterocycles. The molecule has 0 bridgehead atoms. The Bertz CT molecular complexity index is 988. The maximum atomic E-state index is 11.7. The van der Waals surface area contributed by atoms with E-state index in [1.165, 1.54) is 20.3 Å². The van der Waals surface area contributed by atoms with Gasteiger partial charge in [0.15, 0.2) is 11.5 Å². The minimum absolute atomic E-state index is 0.104. The predicted octanol–water partition coefficient (Wildman–Crippen LogP) is 4.92. The standard InChI is InChI=1S/C18H13Cl2NO4/c1-24-16-7-10-11(18(22)23)6-14(21-15(10)8-17(16)25-2)9-3-4-12(19)13(20)5-9/h3-8H,1-2H3,(H,22,23). The zero-order valence-electron chi connectivity index (χ0n) is 13.3. The van der Waals surface area contributed by atoms with E-state index in [1.54, 1.807) is 30.3 Å². The third-order valence-electron chi connectivity index (χ3n) is 3.76. The number of fused-ring (bicyclic) bond motifs is 1. The van der Waals surface area contributed by atoms with Gasteiger partial charge in [0.1, 0.15) is 0 Å². The van der Waals surface area contributed by atoms with Gasteiger partial charge in [-0.25, -0.2) is 9.78 Å². The zero-order valence-corrected chi connectivity index (χ0v) is 14.9. The maximum Gasteiger partial charge on any atom is 0.336 e. The minimum atomic E-state index is -1.07. The first kappa shape index (κ1) is 17.3. The molecule has 0 saturated carbocycles. The van der Waals surface area contributed by atoms with Crippen molar-refractivity contribution in [3.8, 4) is 22.8 Å². The van der Waals surface area contributed by atoms with Crippen molar-refractivity contribution in [3.63, 3.8) is 0 Å². The Labute approximate surface area is 153 Å². The van der Waals surface area contributed by atoms with Crippen LogP contribution < -0.4 is 9.47 Å². The van der Waals surface area contributed by atoms with Crippen LogP contribution in [-0.2, 0) is 0 Å².